The molecule has 5 heteroatoms. The standard InChI is InChI=1S/C63H40N4O/c1-4-14-41(15-5-1)44-26-28-46(29-27-44)49-21-13-23-52(37-49)67-57-25-11-10-24-53(57)55-40-60-56(39-58(55)67)54-35-34-51(38-59(54)68-60)63-65-61(47-32-30-45(31-33-47)42-16-6-2-7-17-42)64-62(66-63)50-22-12-20-48(36-50)43-18-8-3-9-19-43/h1-40H. The van der Waals surface area contributed by atoms with E-state index in [0.717, 1.165) is 88.6 Å². The zero-order valence-corrected chi connectivity index (χ0v) is 36.8. The van der Waals surface area contributed by atoms with Gasteiger partial charge in [-0.15, -0.1) is 0 Å². The number of benzene rings is 10. The van der Waals surface area contributed by atoms with Gasteiger partial charge in [-0.3, -0.25) is 0 Å². The van der Waals surface area contributed by atoms with Crippen LogP contribution in [0.15, 0.2) is 247 Å². The van der Waals surface area contributed by atoms with Crippen LogP contribution >= 0.6 is 0 Å². The van der Waals surface area contributed by atoms with Gasteiger partial charge in [0, 0.05) is 43.9 Å². The van der Waals surface area contributed by atoms with Gasteiger partial charge in [0.15, 0.2) is 17.5 Å². The Morgan fingerprint density at radius 2 is 0.691 bits per heavy atom. The average molecular weight is 869 g/mol. The summed E-state index contributed by atoms with van der Waals surface area (Å²) in [4.78, 5) is 15.4. The van der Waals surface area contributed by atoms with Crippen LogP contribution in [0.3, 0.4) is 0 Å². The lowest BCUT2D eigenvalue weighted by molar-refractivity contribution is 0.669. The van der Waals surface area contributed by atoms with Crippen molar-refractivity contribution in [2.75, 3.05) is 0 Å². The molecule has 5 nitrogen and oxygen atoms in total. The van der Waals surface area contributed by atoms with Crippen molar-refractivity contribution in [1.82, 2.24) is 19.5 Å². The molecular weight excluding hydrogens is 829 g/mol. The molecule has 318 valence electrons. The topological polar surface area (TPSA) is 56.7 Å². The highest BCUT2D eigenvalue weighted by molar-refractivity contribution is 6.17. The molecule has 0 aliphatic rings. The van der Waals surface area contributed by atoms with E-state index < -0.39 is 0 Å². The Labute approximate surface area is 392 Å². The van der Waals surface area contributed by atoms with Gasteiger partial charge < -0.3 is 8.98 Å². The number of aromatic nitrogens is 4. The molecule has 0 spiro atoms. The van der Waals surface area contributed by atoms with Crippen LogP contribution in [0.25, 0.3) is 128 Å². The van der Waals surface area contributed by atoms with E-state index in [1.807, 2.05) is 12.1 Å². The number of hydrogen-bond donors (Lipinski definition) is 0. The van der Waals surface area contributed by atoms with Crippen molar-refractivity contribution in [1.29, 1.82) is 0 Å². The van der Waals surface area contributed by atoms with Crippen molar-refractivity contribution < 1.29 is 4.42 Å². The predicted molar refractivity (Wildman–Crippen MR) is 279 cm³/mol. The van der Waals surface area contributed by atoms with E-state index in [9.17, 15) is 0 Å². The minimum atomic E-state index is 0.571. The normalized spacial score (nSPS) is 11.5. The largest absolute Gasteiger partial charge is 0.456 e. The summed E-state index contributed by atoms with van der Waals surface area (Å²) in [6, 6.07) is 85.3. The van der Waals surface area contributed by atoms with Gasteiger partial charge in [-0.2, -0.15) is 0 Å². The van der Waals surface area contributed by atoms with Gasteiger partial charge in [0.05, 0.1) is 11.0 Å². The lowest BCUT2D eigenvalue weighted by Gasteiger charge is -2.11. The number of fused-ring (bicyclic) bond motifs is 6. The monoisotopic (exact) mass is 868 g/mol. The number of para-hydroxylation sites is 1. The molecule has 0 amide bonds. The minimum Gasteiger partial charge on any atom is -0.456 e. The molecule has 0 fully saturated rings. The molecule has 0 saturated heterocycles. The van der Waals surface area contributed by atoms with E-state index in [1.165, 1.54) is 22.1 Å². The van der Waals surface area contributed by atoms with Crippen LogP contribution in [0, 0.1) is 0 Å². The van der Waals surface area contributed by atoms with Crippen LogP contribution in [-0.4, -0.2) is 19.5 Å². The molecular formula is C63H40N4O. The van der Waals surface area contributed by atoms with E-state index in [0.29, 0.717) is 17.5 Å². The maximum atomic E-state index is 6.77. The first-order valence-corrected chi connectivity index (χ1v) is 22.9. The van der Waals surface area contributed by atoms with E-state index in [2.05, 4.69) is 235 Å². The Morgan fingerprint density at radius 1 is 0.250 bits per heavy atom. The summed E-state index contributed by atoms with van der Waals surface area (Å²) in [5.41, 5.74) is 16.9. The van der Waals surface area contributed by atoms with Crippen LogP contribution in [0.2, 0.25) is 0 Å². The first kappa shape index (κ1) is 39.2. The molecule has 0 aliphatic carbocycles. The molecule has 13 aromatic rings. The molecule has 3 aromatic heterocycles. The van der Waals surface area contributed by atoms with Crippen LogP contribution < -0.4 is 0 Å². The summed E-state index contributed by atoms with van der Waals surface area (Å²) in [5, 5.41) is 4.37. The Hall–Kier alpha value is -9.19. The fourth-order valence-electron chi connectivity index (χ4n) is 9.64. The summed E-state index contributed by atoms with van der Waals surface area (Å²) in [6.45, 7) is 0. The van der Waals surface area contributed by atoms with Gasteiger partial charge >= 0.3 is 0 Å². The molecule has 0 aliphatic heterocycles. The van der Waals surface area contributed by atoms with Gasteiger partial charge in [-0.05, 0) is 93.0 Å². The van der Waals surface area contributed by atoms with Crippen LogP contribution in [0.5, 0.6) is 0 Å². The van der Waals surface area contributed by atoms with Gasteiger partial charge in [0.2, 0.25) is 0 Å². The highest BCUT2D eigenvalue weighted by Crippen LogP contribution is 2.40. The van der Waals surface area contributed by atoms with Crippen molar-refractivity contribution in [3.63, 3.8) is 0 Å². The zero-order chi connectivity index (χ0) is 45.0. The van der Waals surface area contributed by atoms with Crippen LogP contribution in [-0.2, 0) is 0 Å². The summed E-state index contributed by atoms with van der Waals surface area (Å²) >= 11 is 0. The molecule has 0 bridgehead atoms. The third kappa shape index (κ3) is 7.02. The fraction of sp³-hybridized carbons (Fsp3) is 0. The molecule has 0 atom stereocenters. The van der Waals surface area contributed by atoms with Gasteiger partial charge in [-0.25, -0.2) is 15.0 Å². The van der Waals surface area contributed by atoms with Crippen molar-refractivity contribution in [3.05, 3.63) is 243 Å². The summed E-state index contributed by atoms with van der Waals surface area (Å²) < 4.78 is 9.16. The lowest BCUT2D eigenvalue weighted by Crippen LogP contribution is -2.00. The molecule has 68 heavy (non-hydrogen) atoms. The third-order valence-electron chi connectivity index (χ3n) is 13.1. The number of hydrogen-bond acceptors (Lipinski definition) is 4. The smallest absolute Gasteiger partial charge is 0.164 e. The first-order valence-electron chi connectivity index (χ1n) is 22.9. The number of nitrogens with zero attached hydrogens (tertiary/aromatic N) is 4. The molecule has 0 radical (unpaired) electrons. The molecule has 0 unspecified atom stereocenters. The van der Waals surface area contributed by atoms with E-state index in [4.69, 9.17) is 19.4 Å². The van der Waals surface area contributed by atoms with E-state index in [-0.39, 0.29) is 0 Å². The third-order valence-corrected chi connectivity index (χ3v) is 13.1. The van der Waals surface area contributed by atoms with Crippen molar-refractivity contribution in [3.8, 4) is 84.4 Å². The molecule has 13 rings (SSSR count). The van der Waals surface area contributed by atoms with Crippen molar-refractivity contribution in [2.24, 2.45) is 0 Å². The van der Waals surface area contributed by atoms with Crippen LogP contribution in [0.1, 0.15) is 0 Å². The Morgan fingerprint density at radius 3 is 1.34 bits per heavy atom. The second-order valence-electron chi connectivity index (χ2n) is 17.2. The van der Waals surface area contributed by atoms with Crippen molar-refractivity contribution >= 4 is 43.7 Å². The second kappa shape index (κ2) is 16.4. The van der Waals surface area contributed by atoms with Gasteiger partial charge in [-0.1, -0.05) is 194 Å². The Bertz CT molecular complexity index is 3990. The quantitative estimate of drug-likeness (QED) is 0.153. The first-order chi connectivity index (χ1) is 33.7. The van der Waals surface area contributed by atoms with E-state index >= 15 is 0 Å². The summed E-state index contributed by atoms with van der Waals surface area (Å²) in [7, 11) is 0. The van der Waals surface area contributed by atoms with E-state index in [1.54, 1.807) is 0 Å². The number of rotatable bonds is 8. The highest BCUT2D eigenvalue weighted by atomic mass is 16.3. The average Bonchev–Trinajstić information content (AvgIpc) is 3.95. The Balaban J connectivity index is 0.915. The predicted octanol–water partition coefficient (Wildman–Crippen LogP) is 16.5. The maximum absolute atomic E-state index is 6.77. The zero-order valence-electron chi connectivity index (χ0n) is 36.8. The maximum Gasteiger partial charge on any atom is 0.164 e. The van der Waals surface area contributed by atoms with Gasteiger partial charge in [0.1, 0.15) is 11.2 Å². The minimum absolute atomic E-state index is 0.571. The summed E-state index contributed by atoms with van der Waals surface area (Å²) in [5.74, 6) is 1.77. The SMILES string of the molecule is c1ccc(-c2ccc(-c3cccc(-n4c5ccccc5c5cc6oc7cc(-c8nc(-c9ccc(-c%10ccccc%10)cc9)nc(-c9cccc(-c%10ccccc%10)c9)n8)ccc7c6cc54)c3)cc2)cc1. The summed E-state index contributed by atoms with van der Waals surface area (Å²) in [6.07, 6.45) is 0. The molecule has 0 N–H and O–H groups in total. The number of furan rings is 1. The van der Waals surface area contributed by atoms with Crippen LogP contribution in [0.4, 0.5) is 0 Å². The van der Waals surface area contributed by atoms with Crippen molar-refractivity contribution in [2.45, 2.75) is 0 Å². The molecule has 3 heterocycles. The fourth-order valence-corrected chi connectivity index (χ4v) is 9.64. The van der Waals surface area contributed by atoms with Gasteiger partial charge in [0.25, 0.3) is 0 Å². The Kier molecular flexibility index (Phi) is 9.43. The second-order valence-corrected chi connectivity index (χ2v) is 17.2. The highest BCUT2D eigenvalue weighted by Gasteiger charge is 2.19. The molecule has 10 aromatic carbocycles. The lowest BCUT2D eigenvalue weighted by atomic mass is 10.00. The molecule has 0 saturated carbocycles.